The molecule has 2 aromatic carbocycles. The van der Waals surface area contributed by atoms with Gasteiger partial charge in [-0.3, -0.25) is 24.6 Å². The Morgan fingerprint density at radius 1 is 1.21 bits per heavy atom. The lowest BCUT2D eigenvalue weighted by atomic mass is 10.2. The van der Waals surface area contributed by atoms with Crippen molar-refractivity contribution in [3.05, 3.63) is 76.5 Å². The van der Waals surface area contributed by atoms with Gasteiger partial charge < -0.3 is 4.74 Å². The fraction of sp³-hybridized carbons (Fsp3) is 0.105. The molecule has 0 saturated carbocycles. The van der Waals surface area contributed by atoms with E-state index in [9.17, 15) is 9.59 Å². The molecule has 0 aliphatic carbocycles. The molecule has 140 valence electrons. The summed E-state index contributed by atoms with van der Waals surface area (Å²) in [6.45, 7) is 0.171. The van der Waals surface area contributed by atoms with Gasteiger partial charge in [0.2, 0.25) is 5.95 Å². The van der Waals surface area contributed by atoms with Crippen molar-refractivity contribution in [3.8, 4) is 5.75 Å². The molecule has 0 spiro atoms. The number of aromatic nitrogens is 5. The topological polar surface area (TPSA) is 115 Å². The van der Waals surface area contributed by atoms with Crippen LogP contribution >= 0.6 is 0 Å². The van der Waals surface area contributed by atoms with Crippen LogP contribution in [0.2, 0.25) is 0 Å². The van der Waals surface area contributed by atoms with Crippen molar-refractivity contribution in [3.63, 3.8) is 0 Å². The van der Waals surface area contributed by atoms with Crippen molar-refractivity contribution < 1.29 is 9.53 Å². The first-order chi connectivity index (χ1) is 13.6. The zero-order chi connectivity index (χ0) is 19.5. The Morgan fingerprint density at radius 3 is 2.93 bits per heavy atom. The van der Waals surface area contributed by atoms with Gasteiger partial charge in [0.25, 0.3) is 11.5 Å². The number of methoxy groups -OCH3 is 1. The standard InChI is InChI=1S/C19H16N6O3/c1-28-13-6-4-5-12(9-13)18(27)22-19-21-16(23-24-19)11-25-15-8-3-2-7-14(15)20-10-17(25)26/h2-10H,11H2,1H3,(H2,21,22,23,24,27). The Hall–Kier alpha value is -4.01. The third-order valence-corrected chi connectivity index (χ3v) is 4.15. The summed E-state index contributed by atoms with van der Waals surface area (Å²) in [5.74, 6) is 0.761. The summed E-state index contributed by atoms with van der Waals surface area (Å²) >= 11 is 0. The number of hydrogen-bond donors (Lipinski definition) is 2. The number of rotatable bonds is 5. The average Bonchev–Trinajstić information content (AvgIpc) is 3.17. The number of anilines is 1. The second-order valence-electron chi connectivity index (χ2n) is 5.96. The Morgan fingerprint density at radius 2 is 2.07 bits per heavy atom. The number of nitrogens with one attached hydrogen (secondary N) is 2. The number of carbonyl (C=O) groups is 1. The Labute approximate surface area is 159 Å². The van der Waals surface area contributed by atoms with Gasteiger partial charge in [0.05, 0.1) is 30.9 Å². The molecular weight excluding hydrogens is 360 g/mol. The van der Waals surface area contributed by atoms with Crippen LogP contribution in [0.3, 0.4) is 0 Å². The minimum Gasteiger partial charge on any atom is -0.497 e. The van der Waals surface area contributed by atoms with Gasteiger partial charge in [-0.25, -0.2) is 4.98 Å². The van der Waals surface area contributed by atoms with E-state index in [1.165, 1.54) is 17.9 Å². The van der Waals surface area contributed by atoms with Crippen LogP contribution in [0.1, 0.15) is 16.2 Å². The molecule has 4 rings (SSSR count). The van der Waals surface area contributed by atoms with E-state index in [-0.39, 0.29) is 24.0 Å². The molecule has 0 unspecified atom stereocenters. The van der Waals surface area contributed by atoms with Crippen molar-refractivity contribution in [1.29, 1.82) is 0 Å². The molecule has 0 fully saturated rings. The summed E-state index contributed by atoms with van der Waals surface area (Å²) in [5, 5.41) is 9.36. The molecule has 0 atom stereocenters. The lowest BCUT2D eigenvalue weighted by molar-refractivity contribution is 0.102. The van der Waals surface area contributed by atoms with Crippen molar-refractivity contribution in [2.45, 2.75) is 6.54 Å². The van der Waals surface area contributed by atoms with Crippen LogP contribution in [-0.2, 0) is 6.54 Å². The van der Waals surface area contributed by atoms with Crippen LogP contribution in [-0.4, -0.2) is 37.7 Å². The van der Waals surface area contributed by atoms with E-state index in [0.717, 1.165) is 0 Å². The zero-order valence-corrected chi connectivity index (χ0v) is 14.9. The third kappa shape index (κ3) is 3.45. The predicted molar refractivity (Wildman–Crippen MR) is 102 cm³/mol. The highest BCUT2D eigenvalue weighted by Gasteiger charge is 2.12. The normalized spacial score (nSPS) is 10.8. The smallest absolute Gasteiger partial charge is 0.269 e. The maximum Gasteiger partial charge on any atom is 0.269 e. The van der Waals surface area contributed by atoms with Crippen LogP contribution in [0.5, 0.6) is 5.75 Å². The molecule has 4 aromatic rings. The monoisotopic (exact) mass is 376 g/mol. The highest BCUT2D eigenvalue weighted by molar-refractivity contribution is 6.03. The quantitative estimate of drug-likeness (QED) is 0.549. The number of aromatic amines is 1. The number of ether oxygens (including phenoxy) is 1. The van der Waals surface area contributed by atoms with Gasteiger partial charge in [-0.2, -0.15) is 4.98 Å². The molecule has 0 aliphatic heterocycles. The molecule has 2 heterocycles. The average molecular weight is 376 g/mol. The summed E-state index contributed by atoms with van der Waals surface area (Å²) < 4.78 is 6.66. The molecular formula is C19H16N6O3. The number of para-hydroxylation sites is 2. The fourth-order valence-electron chi connectivity index (χ4n) is 2.79. The van der Waals surface area contributed by atoms with Crippen LogP contribution in [0.25, 0.3) is 11.0 Å². The summed E-state index contributed by atoms with van der Waals surface area (Å²) in [4.78, 5) is 33.0. The maximum absolute atomic E-state index is 12.4. The molecule has 2 N–H and O–H groups in total. The minimum absolute atomic E-state index is 0.120. The Balaban J connectivity index is 1.55. The van der Waals surface area contributed by atoms with Gasteiger partial charge in [-0.15, -0.1) is 5.10 Å². The van der Waals surface area contributed by atoms with Crippen LogP contribution in [0.15, 0.2) is 59.5 Å². The van der Waals surface area contributed by atoms with Gasteiger partial charge in [0.1, 0.15) is 11.6 Å². The summed E-state index contributed by atoms with van der Waals surface area (Å²) in [6, 6.07) is 14.1. The Kier molecular flexibility index (Phi) is 4.55. The fourth-order valence-corrected chi connectivity index (χ4v) is 2.79. The number of carbonyl (C=O) groups excluding carboxylic acids is 1. The number of amides is 1. The molecule has 9 nitrogen and oxygen atoms in total. The maximum atomic E-state index is 12.4. The van der Waals surface area contributed by atoms with Gasteiger partial charge in [0, 0.05) is 5.56 Å². The first-order valence-electron chi connectivity index (χ1n) is 8.45. The lowest BCUT2D eigenvalue weighted by Gasteiger charge is -2.07. The number of fused-ring (bicyclic) bond motifs is 1. The predicted octanol–water partition coefficient (Wildman–Crippen LogP) is 1.82. The lowest BCUT2D eigenvalue weighted by Crippen LogP contribution is -2.21. The molecule has 0 aliphatic rings. The third-order valence-electron chi connectivity index (χ3n) is 4.15. The van der Waals surface area contributed by atoms with Crippen LogP contribution < -0.4 is 15.6 Å². The molecule has 2 aromatic heterocycles. The molecule has 1 amide bonds. The van der Waals surface area contributed by atoms with Crippen molar-refractivity contribution >= 4 is 22.9 Å². The molecule has 0 saturated heterocycles. The van der Waals surface area contributed by atoms with E-state index in [1.54, 1.807) is 24.3 Å². The van der Waals surface area contributed by atoms with Gasteiger partial charge >= 0.3 is 0 Å². The Bertz CT molecular complexity index is 1210. The van der Waals surface area contributed by atoms with E-state index in [4.69, 9.17) is 4.74 Å². The van der Waals surface area contributed by atoms with Crippen LogP contribution in [0, 0.1) is 0 Å². The number of nitrogens with zero attached hydrogens (tertiary/aromatic N) is 4. The van der Waals surface area contributed by atoms with Crippen molar-refractivity contribution in [1.82, 2.24) is 24.7 Å². The van der Waals surface area contributed by atoms with Gasteiger partial charge in [-0.1, -0.05) is 18.2 Å². The van der Waals surface area contributed by atoms with E-state index in [2.05, 4.69) is 25.5 Å². The highest BCUT2D eigenvalue weighted by atomic mass is 16.5. The highest BCUT2D eigenvalue weighted by Crippen LogP contribution is 2.14. The van der Waals surface area contributed by atoms with E-state index in [1.807, 2.05) is 24.3 Å². The van der Waals surface area contributed by atoms with Crippen LogP contribution in [0.4, 0.5) is 5.95 Å². The second-order valence-corrected chi connectivity index (χ2v) is 5.96. The zero-order valence-electron chi connectivity index (χ0n) is 14.9. The molecule has 28 heavy (non-hydrogen) atoms. The first-order valence-corrected chi connectivity index (χ1v) is 8.45. The molecule has 9 heteroatoms. The number of hydrogen-bond acceptors (Lipinski definition) is 6. The van der Waals surface area contributed by atoms with Crippen molar-refractivity contribution in [2.75, 3.05) is 12.4 Å². The van der Waals surface area contributed by atoms with E-state index in [0.29, 0.717) is 28.2 Å². The van der Waals surface area contributed by atoms with Gasteiger partial charge in [-0.05, 0) is 30.3 Å². The minimum atomic E-state index is -0.365. The summed E-state index contributed by atoms with van der Waals surface area (Å²) in [6.07, 6.45) is 1.27. The van der Waals surface area contributed by atoms with E-state index >= 15 is 0 Å². The molecule has 0 radical (unpaired) electrons. The second kappa shape index (κ2) is 7.31. The largest absolute Gasteiger partial charge is 0.497 e. The van der Waals surface area contributed by atoms with Gasteiger partial charge in [0.15, 0.2) is 0 Å². The number of benzene rings is 2. The van der Waals surface area contributed by atoms with Crippen molar-refractivity contribution in [2.24, 2.45) is 0 Å². The summed E-state index contributed by atoms with van der Waals surface area (Å²) in [7, 11) is 1.53. The SMILES string of the molecule is COc1cccc(C(=O)Nc2n[nH]c(Cn3c(=O)cnc4ccccc43)n2)c1. The summed E-state index contributed by atoms with van der Waals surface area (Å²) in [5.41, 5.74) is 1.56. The number of H-pyrrole nitrogens is 1. The van der Waals surface area contributed by atoms with E-state index < -0.39 is 0 Å². The first kappa shape index (κ1) is 17.4. The molecule has 0 bridgehead atoms.